The number of aromatic nitrogens is 2. The third kappa shape index (κ3) is 2.43. The lowest BCUT2D eigenvalue weighted by Gasteiger charge is -2.23. The minimum atomic E-state index is -0.539. The van der Waals surface area contributed by atoms with Crippen LogP contribution in [0.25, 0.3) is 0 Å². The van der Waals surface area contributed by atoms with Gasteiger partial charge in [-0.05, 0) is 13.3 Å². The van der Waals surface area contributed by atoms with Crippen LogP contribution in [-0.2, 0) is 4.79 Å². The van der Waals surface area contributed by atoms with Crippen molar-refractivity contribution in [2.45, 2.75) is 13.3 Å². The predicted molar refractivity (Wildman–Crippen MR) is 68.8 cm³/mol. The van der Waals surface area contributed by atoms with Crippen molar-refractivity contribution in [2.75, 3.05) is 30.5 Å². The number of halogens is 1. The van der Waals surface area contributed by atoms with Crippen molar-refractivity contribution in [1.29, 1.82) is 0 Å². The summed E-state index contributed by atoms with van der Waals surface area (Å²) in [5.74, 6) is 4.93. The Morgan fingerprint density at radius 1 is 1.63 bits per heavy atom. The predicted octanol–water partition coefficient (Wildman–Crippen LogP) is -0.136. The lowest BCUT2D eigenvalue weighted by atomic mass is 9.89. The van der Waals surface area contributed by atoms with Crippen LogP contribution in [0.1, 0.15) is 13.3 Å². The Morgan fingerprint density at radius 3 is 3.00 bits per heavy atom. The molecule has 1 aromatic rings. The molecular weight excluding hydrogens is 251 g/mol. The van der Waals surface area contributed by atoms with E-state index in [4.69, 9.17) is 5.84 Å². The fourth-order valence-corrected chi connectivity index (χ4v) is 2.28. The Morgan fingerprint density at radius 2 is 2.37 bits per heavy atom. The average molecular weight is 268 g/mol. The maximum atomic E-state index is 13.8. The van der Waals surface area contributed by atoms with Crippen LogP contribution in [0.15, 0.2) is 6.20 Å². The first-order chi connectivity index (χ1) is 9.00. The molecule has 1 saturated heterocycles. The van der Waals surface area contributed by atoms with Crippen molar-refractivity contribution >= 4 is 17.7 Å². The van der Waals surface area contributed by atoms with Gasteiger partial charge in [-0.15, -0.1) is 0 Å². The molecule has 0 saturated carbocycles. The quantitative estimate of drug-likeness (QED) is 0.522. The van der Waals surface area contributed by atoms with Crippen molar-refractivity contribution < 1.29 is 9.18 Å². The monoisotopic (exact) mass is 268 g/mol. The number of nitrogens with one attached hydrogen (secondary N) is 2. The van der Waals surface area contributed by atoms with Crippen LogP contribution in [-0.4, -0.2) is 36.0 Å². The summed E-state index contributed by atoms with van der Waals surface area (Å²) < 4.78 is 13.8. The molecule has 7 nitrogen and oxygen atoms in total. The molecule has 1 atom stereocenters. The average Bonchev–Trinajstić information content (AvgIpc) is 2.82. The van der Waals surface area contributed by atoms with Crippen LogP contribution in [0.5, 0.6) is 0 Å². The lowest BCUT2D eigenvalue weighted by molar-refractivity contribution is -0.128. The van der Waals surface area contributed by atoms with Crippen molar-refractivity contribution in [2.24, 2.45) is 11.3 Å². The van der Waals surface area contributed by atoms with E-state index in [-0.39, 0.29) is 17.7 Å². The number of nitrogens with zero attached hydrogens (tertiary/aromatic N) is 3. The van der Waals surface area contributed by atoms with E-state index in [9.17, 15) is 9.18 Å². The second kappa shape index (κ2) is 4.96. The summed E-state index contributed by atoms with van der Waals surface area (Å²) in [6, 6.07) is 0. The van der Waals surface area contributed by atoms with Crippen molar-refractivity contribution in [3.63, 3.8) is 0 Å². The van der Waals surface area contributed by atoms with Crippen molar-refractivity contribution in [1.82, 2.24) is 15.3 Å². The second-order valence-corrected chi connectivity index (χ2v) is 4.82. The highest BCUT2D eigenvalue weighted by atomic mass is 19.1. The maximum absolute atomic E-state index is 13.8. The van der Waals surface area contributed by atoms with Gasteiger partial charge in [0.2, 0.25) is 11.9 Å². The molecule has 1 aliphatic heterocycles. The number of rotatable bonds is 3. The Balaban J connectivity index is 2.23. The van der Waals surface area contributed by atoms with E-state index in [2.05, 4.69) is 20.7 Å². The summed E-state index contributed by atoms with van der Waals surface area (Å²) in [5.41, 5.74) is 1.74. The van der Waals surface area contributed by atoms with Gasteiger partial charge in [-0.25, -0.2) is 15.2 Å². The van der Waals surface area contributed by atoms with Gasteiger partial charge in [0, 0.05) is 20.1 Å². The van der Waals surface area contributed by atoms with Crippen LogP contribution in [0.3, 0.4) is 0 Å². The number of nitrogen functional groups attached to an aromatic ring is 1. The van der Waals surface area contributed by atoms with E-state index >= 15 is 0 Å². The lowest BCUT2D eigenvalue weighted by Crippen LogP contribution is -2.39. The molecule has 4 N–H and O–H groups in total. The van der Waals surface area contributed by atoms with Gasteiger partial charge in [-0.1, -0.05) is 0 Å². The molecule has 2 heterocycles. The molecule has 0 radical (unpaired) electrons. The number of hydrogen-bond acceptors (Lipinski definition) is 6. The Labute approximate surface area is 110 Å². The van der Waals surface area contributed by atoms with Gasteiger partial charge in [-0.3, -0.25) is 10.2 Å². The minimum absolute atomic E-state index is 0.0540. The fourth-order valence-electron chi connectivity index (χ4n) is 2.28. The van der Waals surface area contributed by atoms with Gasteiger partial charge in [0.05, 0.1) is 11.6 Å². The minimum Gasteiger partial charge on any atom is -0.359 e. The first-order valence-electron chi connectivity index (χ1n) is 5.96. The normalized spacial score (nSPS) is 22.4. The van der Waals surface area contributed by atoms with Crippen LogP contribution in [0.4, 0.5) is 16.2 Å². The van der Waals surface area contributed by atoms with Gasteiger partial charge in [0.25, 0.3) is 0 Å². The molecule has 1 aromatic heterocycles. The summed E-state index contributed by atoms with van der Waals surface area (Å²) in [7, 11) is 1.60. The Bertz CT molecular complexity index is 496. The fraction of sp³-hybridized carbons (Fsp3) is 0.545. The van der Waals surface area contributed by atoms with E-state index in [1.165, 1.54) is 0 Å². The van der Waals surface area contributed by atoms with Crippen LogP contribution in [0, 0.1) is 11.2 Å². The van der Waals surface area contributed by atoms with E-state index in [1.807, 2.05) is 6.92 Å². The molecule has 19 heavy (non-hydrogen) atoms. The molecule has 0 spiro atoms. The molecule has 8 heteroatoms. The molecule has 104 valence electrons. The second-order valence-electron chi connectivity index (χ2n) is 4.82. The third-order valence-electron chi connectivity index (χ3n) is 3.40. The van der Waals surface area contributed by atoms with Crippen molar-refractivity contribution in [3.8, 4) is 0 Å². The molecule has 1 fully saturated rings. The number of carbonyl (C=O) groups excluding carboxylic acids is 1. The standard InChI is InChI=1S/C11H17FN6O/c1-11(9(19)14-2)3-4-18(6-11)8-7(12)5-15-10(16-8)17-13/h5H,3-4,6,13H2,1-2H3,(H,14,19)(H,15,16,17). The van der Waals surface area contributed by atoms with Gasteiger partial charge in [0.15, 0.2) is 11.6 Å². The number of hydrogen-bond donors (Lipinski definition) is 3. The Kier molecular flexibility index (Phi) is 3.52. The molecule has 0 aromatic carbocycles. The van der Waals surface area contributed by atoms with Gasteiger partial charge in [-0.2, -0.15) is 4.98 Å². The summed E-state index contributed by atoms with van der Waals surface area (Å²) in [5, 5.41) is 2.63. The SMILES string of the molecule is CNC(=O)C1(C)CCN(c2nc(NN)ncc2F)C1. The largest absolute Gasteiger partial charge is 0.359 e. The first kappa shape index (κ1) is 13.5. The first-order valence-corrected chi connectivity index (χ1v) is 5.96. The molecule has 1 aliphatic rings. The molecule has 0 aliphatic carbocycles. The third-order valence-corrected chi connectivity index (χ3v) is 3.40. The van der Waals surface area contributed by atoms with Crippen LogP contribution >= 0.6 is 0 Å². The van der Waals surface area contributed by atoms with Crippen molar-refractivity contribution in [3.05, 3.63) is 12.0 Å². The molecule has 2 rings (SSSR count). The number of carbonyl (C=O) groups is 1. The zero-order chi connectivity index (χ0) is 14.0. The molecule has 0 bridgehead atoms. The summed E-state index contributed by atoms with van der Waals surface area (Å²) in [4.78, 5) is 21.2. The highest BCUT2D eigenvalue weighted by molar-refractivity contribution is 5.83. The van der Waals surface area contributed by atoms with E-state index < -0.39 is 11.2 Å². The molecule has 1 amide bonds. The summed E-state index contributed by atoms with van der Waals surface area (Å²) in [6.45, 7) is 2.82. The Hall–Kier alpha value is -1.96. The van der Waals surface area contributed by atoms with Gasteiger partial charge in [0.1, 0.15) is 0 Å². The van der Waals surface area contributed by atoms with E-state index in [1.54, 1.807) is 11.9 Å². The highest BCUT2D eigenvalue weighted by Gasteiger charge is 2.41. The van der Waals surface area contributed by atoms with Gasteiger partial charge >= 0.3 is 0 Å². The number of amides is 1. The molecular formula is C11H17FN6O. The highest BCUT2D eigenvalue weighted by Crippen LogP contribution is 2.33. The van der Waals surface area contributed by atoms with E-state index in [0.29, 0.717) is 19.5 Å². The summed E-state index contributed by atoms with van der Waals surface area (Å²) in [6.07, 6.45) is 1.70. The maximum Gasteiger partial charge on any atom is 0.239 e. The zero-order valence-corrected chi connectivity index (χ0v) is 10.9. The summed E-state index contributed by atoms with van der Waals surface area (Å²) >= 11 is 0. The number of nitrogens with two attached hydrogens (primary N) is 1. The van der Waals surface area contributed by atoms with Crippen LogP contribution < -0.4 is 21.5 Å². The topological polar surface area (TPSA) is 96.2 Å². The molecule has 1 unspecified atom stereocenters. The van der Waals surface area contributed by atoms with E-state index in [0.717, 1.165) is 6.20 Å². The smallest absolute Gasteiger partial charge is 0.239 e. The number of hydrazine groups is 1. The zero-order valence-electron chi connectivity index (χ0n) is 10.9. The van der Waals surface area contributed by atoms with Gasteiger partial charge < -0.3 is 10.2 Å². The number of anilines is 2. The van der Waals surface area contributed by atoms with Crippen LogP contribution in [0.2, 0.25) is 0 Å².